The fraction of sp³-hybridized carbons (Fsp3) is 0.286. The van der Waals surface area contributed by atoms with Crippen LogP contribution in [-0.4, -0.2) is 25.8 Å². The van der Waals surface area contributed by atoms with Crippen LogP contribution in [0.2, 0.25) is 0 Å². The minimum Gasteiger partial charge on any atom is -0.361 e. The standard InChI is InChI=1S/C14H15N5O2/c1-8-11(9(2)21-18-8)6-16-14(20)10-4-13-12(15-5-10)7-17-19(13)3/h4-5,7H,6H2,1-3H3,(H,16,20). The zero-order valence-electron chi connectivity index (χ0n) is 12.0. The molecule has 0 unspecified atom stereocenters. The molecule has 0 radical (unpaired) electrons. The minimum atomic E-state index is -0.189. The van der Waals surface area contributed by atoms with Gasteiger partial charge in [-0.2, -0.15) is 5.10 Å². The van der Waals surface area contributed by atoms with Gasteiger partial charge in [0.05, 0.1) is 23.0 Å². The maximum absolute atomic E-state index is 12.2. The molecule has 108 valence electrons. The van der Waals surface area contributed by atoms with Crippen LogP contribution in [0.3, 0.4) is 0 Å². The molecule has 21 heavy (non-hydrogen) atoms. The summed E-state index contributed by atoms with van der Waals surface area (Å²) in [4.78, 5) is 16.4. The van der Waals surface area contributed by atoms with Crippen LogP contribution in [0.5, 0.6) is 0 Å². The first-order valence-electron chi connectivity index (χ1n) is 6.54. The van der Waals surface area contributed by atoms with Crippen molar-refractivity contribution >= 4 is 16.9 Å². The molecule has 1 amide bonds. The quantitative estimate of drug-likeness (QED) is 0.788. The summed E-state index contributed by atoms with van der Waals surface area (Å²) >= 11 is 0. The topological polar surface area (TPSA) is 85.8 Å². The maximum atomic E-state index is 12.2. The predicted molar refractivity (Wildman–Crippen MR) is 75.7 cm³/mol. The second-order valence-corrected chi connectivity index (χ2v) is 4.88. The Hall–Kier alpha value is -2.70. The number of aromatic nitrogens is 4. The average Bonchev–Trinajstić information content (AvgIpc) is 3.00. The first-order valence-corrected chi connectivity index (χ1v) is 6.54. The number of pyridine rings is 1. The molecule has 3 rings (SSSR count). The molecule has 3 aromatic heterocycles. The number of hydrogen-bond donors (Lipinski definition) is 1. The number of aryl methyl sites for hydroxylation is 3. The number of hydrogen-bond acceptors (Lipinski definition) is 5. The Bertz CT molecular complexity index is 798. The molecule has 0 aromatic carbocycles. The molecule has 0 spiro atoms. The van der Waals surface area contributed by atoms with Crippen LogP contribution >= 0.6 is 0 Å². The van der Waals surface area contributed by atoms with Crippen LogP contribution in [0.25, 0.3) is 11.0 Å². The molecule has 0 atom stereocenters. The number of amides is 1. The van der Waals surface area contributed by atoms with Gasteiger partial charge in [-0.25, -0.2) is 0 Å². The summed E-state index contributed by atoms with van der Waals surface area (Å²) < 4.78 is 6.76. The molecule has 0 aliphatic carbocycles. The fourth-order valence-corrected chi connectivity index (χ4v) is 2.18. The van der Waals surface area contributed by atoms with E-state index in [4.69, 9.17) is 4.52 Å². The van der Waals surface area contributed by atoms with Crippen molar-refractivity contribution in [3.05, 3.63) is 41.0 Å². The molecule has 0 fully saturated rings. The van der Waals surface area contributed by atoms with Crippen molar-refractivity contribution in [2.24, 2.45) is 7.05 Å². The van der Waals surface area contributed by atoms with Crippen molar-refractivity contribution < 1.29 is 9.32 Å². The number of nitrogens with zero attached hydrogens (tertiary/aromatic N) is 4. The third-order valence-electron chi connectivity index (χ3n) is 3.47. The lowest BCUT2D eigenvalue weighted by molar-refractivity contribution is 0.0950. The van der Waals surface area contributed by atoms with Gasteiger partial charge >= 0.3 is 0 Å². The van der Waals surface area contributed by atoms with Gasteiger partial charge in [-0.3, -0.25) is 14.5 Å². The Kier molecular flexibility index (Phi) is 3.17. The lowest BCUT2D eigenvalue weighted by Gasteiger charge is -2.05. The van der Waals surface area contributed by atoms with Gasteiger partial charge in [0.15, 0.2) is 0 Å². The highest BCUT2D eigenvalue weighted by atomic mass is 16.5. The molecule has 0 aliphatic rings. The van der Waals surface area contributed by atoms with Crippen LogP contribution in [0.1, 0.15) is 27.4 Å². The van der Waals surface area contributed by atoms with E-state index < -0.39 is 0 Å². The fourth-order valence-electron chi connectivity index (χ4n) is 2.18. The molecule has 1 N–H and O–H groups in total. The molecule has 0 bridgehead atoms. The molecule has 3 aromatic rings. The van der Waals surface area contributed by atoms with E-state index in [1.807, 2.05) is 20.9 Å². The van der Waals surface area contributed by atoms with Crippen molar-refractivity contribution in [2.75, 3.05) is 0 Å². The van der Waals surface area contributed by atoms with Gasteiger partial charge in [0.25, 0.3) is 5.91 Å². The van der Waals surface area contributed by atoms with E-state index in [0.29, 0.717) is 17.9 Å². The lowest BCUT2D eigenvalue weighted by atomic mass is 10.2. The van der Waals surface area contributed by atoms with Crippen LogP contribution in [0.4, 0.5) is 0 Å². The molecule has 0 aliphatic heterocycles. The zero-order chi connectivity index (χ0) is 15.0. The van der Waals surface area contributed by atoms with E-state index in [2.05, 4.69) is 20.6 Å². The Morgan fingerprint density at radius 3 is 2.90 bits per heavy atom. The number of nitrogens with one attached hydrogen (secondary N) is 1. The summed E-state index contributed by atoms with van der Waals surface area (Å²) in [6.45, 7) is 4.05. The SMILES string of the molecule is Cc1noc(C)c1CNC(=O)c1cnc2cnn(C)c2c1. The summed E-state index contributed by atoms with van der Waals surface area (Å²) in [7, 11) is 1.82. The molecule has 3 heterocycles. The van der Waals surface area contributed by atoms with E-state index in [9.17, 15) is 4.79 Å². The minimum absolute atomic E-state index is 0.189. The van der Waals surface area contributed by atoms with Gasteiger partial charge in [0, 0.05) is 25.4 Å². The van der Waals surface area contributed by atoms with Gasteiger partial charge in [-0.15, -0.1) is 0 Å². The normalized spacial score (nSPS) is 11.0. The Labute approximate surface area is 120 Å². The van der Waals surface area contributed by atoms with Crippen LogP contribution in [0.15, 0.2) is 23.0 Å². The number of carbonyl (C=O) groups is 1. The number of fused-ring (bicyclic) bond motifs is 1. The smallest absolute Gasteiger partial charge is 0.253 e. The molecule has 0 saturated carbocycles. The monoisotopic (exact) mass is 285 g/mol. The van der Waals surface area contributed by atoms with Crippen LogP contribution in [0, 0.1) is 13.8 Å². The molecular formula is C14H15N5O2. The van der Waals surface area contributed by atoms with E-state index >= 15 is 0 Å². The van der Waals surface area contributed by atoms with Gasteiger partial charge in [0.1, 0.15) is 11.3 Å². The zero-order valence-corrected chi connectivity index (χ0v) is 12.0. The second kappa shape index (κ2) is 5.01. The summed E-state index contributed by atoms with van der Waals surface area (Å²) in [5.74, 6) is 0.526. The third kappa shape index (κ3) is 2.37. The molecule has 7 nitrogen and oxygen atoms in total. The summed E-state index contributed by atoms with van der Waals surface area (Å²) in [6, 6.07) is 1.78. The predicted octanol–water partition coefficient (Wildman–Crippen LogP) is 1.50. The van der Waals surface area contributed by atoms with Gasteiger partial charge in [-0.05, 0) is 19.9 Å². The van der Waals surface area contributed by atoms with E-state index in [0.717, 1.165) is 22.3 Å². The van der Waals surface area contributed by atoms with Crippen LogP contribution < -0.4 is 5.32 Å². The largest absolute Gasteiger partial charge is 0.361 e. The molecule has 7 heteroatoms. The van der Waals surface area contributed by atoms with E-state index in [1.54, 1.807) is 23.1 Å². The van der Waals surface area contributed by atoms with Gasteiger partial charge in [-0.1, -0.05) is 5.16 Å². The van der Waals surface area contributed by atoms with Gasteiger partial charge in [0.2, 0.25) is 0 Å². The Morgan fingerprint density at radius 1 is 1.38 bits per heavy atom. The average molecular weight is 285 g/mol. The van der Waals surface area contributed by atoms with Crippen molar-refractivity contribution in [3.8, 4) is 0 Å². The maximum Gasteiger partial charge on any atom is 0.253 e. The highest BCUT2D eigenvalue weighted by molar-refractivity contribution is 5.96. The van der Waals surface area contributed by atoms with Gasteiger partial charge < -0.3 is 9.84 Å². The van der Waals surface area contributed by atoms with Crippen molar-refractivity contribution in [2.45, 2.75) is 20.4 Å². The Balaban J connectivity index is 1.79. The highest BCUT2D eigenvalue weighted by Gasteiger charge is 2.13. The second-order valence-electron chi connectivity index (χ2n) is 4.88. The number of rotatable bonds is 3. The summed E-state index contributed by atoms with van der Waals surface area (Å²) in [5, 5.41) is 10.8. The highest BCUT2D eigenvalue weighted by Crippen LogP contribution is 2.14. The van der Waals surface area contributed by atoms with Crippen molar-refractivity contribution in [1.82, 2.24) is 25.2 Å². The van der Waals surface area contributed by atoms with E-state index in [1.165, 1.54) is 0 Å². The lowest BCUT2D eigenvalue weighted by Crippen LogP contribution is -2.23. The third-order valence-corrected chi connectivity index (χ3v) is 3.47. The summed E-state index contributed by atoms with van der Waals surface area (Å²) in [6.07, 6.45) is 3.22. The molecule has 0 saturated heterocycles. The van der Waals surface area contributed by atoms with Crippen LogP contribution in [-0.2, 0) is 13.6 Å². The van der Waals surface area contributed by atoms with E-state index in [-0.39, 0.29) is 5.91 Å². The number of carbonyl (C=O) groups excluding carboxylic acids is 1. The summed E-state index contributed by atoms with van der Waals surface area (Å²) in [5.41, 5.74) is 3.77. The first-order chi connectivity index (χ1) is 10.1. The molecular weight excluding hydrogens is 270 g/mol. The Morgan fingerprint density at radius 2 is 2.19 bits per heavy atom. The van der Waals surface area contributed by atoms with Crippen molar-refractivity contribution in [1.29, 1.82) is 0 Å². The first kappa shape index (κ1) is 13.3. The van der Waals surface area contributed by atoms with Crippen molar-refractivity contribution in [3.63, 3.8) is 0 Å².